The van der Waals surface area contributed by atoms with Gasteiger partial charge in [0.15, 0.2) is 11.4 Å². The number of ether oxygens (including phenoxy) is 3. The summed E-state index contributed by atoms with van der Waals surface area (Å²) in [6.07, 6.45) is 8.22. The van der Waals surface area contributed by atoms with Crippen molar-refractivity contribution in [1.82, 2.24) is 9.47 Å². The fraction of sp³-hybridized carbons (Fsp3) is 0.552. The highest BCUT2D eigenvalue weighted by atomic mass is 16.5. The van der Waals surface area contributed by atoms with Crippen molar-refractivity contribution in [3.63, 3.8) is 0 Å². The number of amides is 1. The topological polar surface area (TPSA) is 87.1 Å². The van der Waals surface area contributed by atoms with E-state index in [4.69, 9.17) is 14.2 Å². The van der Waals surface area contributed by atoms with Crippen LogP contribution in [0, 0.1) is 5.92 Å². The van der Waals surface area contributed by atoms with Crippen LogP contribution in [0.3, 0.4) is 0 Å². The highest BCUT2D eigenvalue weighted by molar-refractivity contribution is 5.98. The Hall–Kier alpha value is -3.13. The minimum Gasteiger partial charge on any atom is -0.483 e. The van der Waals surface area contributed by atoms with E-state index >= 15 is 0 Å². The van der Waals surface area contributed by atoms with Gasteiger partial charge in [0.2, 0.25) is 5.43 Å². The van der Waals surface area contributed by atoms with Crippen LogP contribution in [0.1, 0.15) is 78.3 Å². The number of carbonyl (C=O) groups is 2. The molecule has 0 radical (unpaired) electrons. The van der Waals surface area contributed by atoms with Gasteiger partial charge in [-0.25, -0.2) is 4.79 Å². The Balaban J connectivity index is 1.41. The number of fused-ring (bicyclic) bond motifs is 2. The molecule has 0 N–H and O–H groups in total. The summed E-state index contributed by atoms with van der Waals surface area (Å²) in [5.41, 5.74) is 0.156. The van der Waals surface area contributed by atoms with Crippen molar-refractivity contribution in [2.45, 2.75) is 70.6 Å². The van der Waals surface area contributed by atoms with E-state index in [-0.39, 0.29) is 41.7 Å². The molecule has 1 amide bonds. The smallest absolute Gasteiger partial charge is 0.343 e. The van der Waals surface area contributed by atoms with E-state index < -0.39 is 11.4 Å². The van der Waals surface area contributed by atoms with Crippen molar-refractivity contribution < 1.29 is 23.8 Å². The summed E-state index contributed by atoms with van der Waals surface area (Å²) < 4.78 is 18.7. The van der Waals surface area contributed by atoms with E-state index in [9.17, 15) is 14.4 Å². The molecule has 2 atom stereocenters. The molecule has 8 nitrogen and oxygen atoms in total. The maximum absolute atomic E-state index is 13.8. The average Bonchev–Trinajstić information content (AvgIpc) is 3.17. The van der Waals surface area contributed by atoms with E-state index in [0.29, 0.717) is 32.1 Å². The molecule has 1 aromatic heterocycles. The average molecular weight is 509 g/mol. The van der Waals surface area contributed by atoms with E-state index in [0.717, 1.165) is 50.6 Å². The summed E-state index contributed by atoms with van der Waals surface area (Å²) in [5, 5.41) is 0. The zero-order valence-corrected chi connectivity index (χ0v) is 21.6. The number of hydrogen-bond acceptors (Lipinski definition) is 6. The van der Waals surface area contributed by atoms with Crippen LogP contribution < -0.4 is 10.2 Å². The molecule has 1 saturated heterocycles. The third-order valence-electron chi connectivity index (χ3n) is 7.84. The zero-order chi connectivity index (χ0) is 25.8. The molecule has 198 valence electrons. The third kappa shape index (κ3) is 5.17. The number of carbonyl (C=O) groups excluding carboxylic acids is 2. The van der Waals surface area contributed by atoms with E-state index in [1.54, 1.807) is 4.57 Å². The molecule has 2 bridgehead atoms. The van der Waals surface area contributed by atoms with Gasteiger partial charge in [0.05, 0.1) is 12.1 Å². The maximum Gasteiger partial charge on any atom is 0.343 e. The zero-order valence-electron chi connectivity index (χ0n) is 21.6. The Kier molecular flexibility index (Phi) is 7.65. The predicted octanol–water partition coefficient (Wildman–Crippen LogP) is 4.19. The van der Waals surface area contributed by atoms with Crippen molar-refractivity contribution in [2.75, 3.05) is 26.4 Å². The lowest BCUT2D eigenvalue weighted by Crippen LogP contribution is -2.55. The number of aromatic nitrogens is 1. The number of esters is 1. The SMILES string of the molecule is CCCCOCCCOC(=O)c1cn2c(c(OCc3ccccc3)c1=O)C(=O)N1C[C@H]3CCC[C@@]1(C3)C2. The van der Waals surface area contributed by atoms with Crippen LogP contribution in [-0.4, -0.2) is 53.2 Å². The van der Waals surface area contributed by atoms with Gasteiger partial charge in [0.1, 0.15) is 12.2 Å². The normalized spacial score (nSPS) is 21.9. The number of hydrogen-bond donors (Lipinski definition) is 0. The molecule has 3 aliphatic rings. The first-order valence-electron chi connectivity index (χ1n) is 13.5. The van der Waals surface area contributed by atoms with Crippen molar-refractivity contribution in [3.8, 4) is 5.75 Å². The molecule has 3 heterocycles. The Morgan fingerprint density at radius 2 is 1.92 bits per heavy atom. The second kappa shape index (κ2) is 11.1. The predicted molar refractivity (Wildman–Crippen MR) is 138 cm³/mol. The van der Waals surface area contributed by atoms with Gasteiger partial charge in [-0.15, -0.1) is 0 Å². The Bertz CT molecular complexity index is 1190. The summed E-state index contributed by atoms with van der Waals surface area (Å²) in [7, 11) is 0. The molecule has 0 unspecified atom stereocenters. The number of nitrogens with zero attached hydrogens (tertiary/aromatic N) is 2. The summed E-state index contributed by atoms with van der Waals surface area (Å²) in [6.45, 7) is 4.84. The highest BCUT2D eigenvalue weighted by Gasteiger charge is 2.54. The Morgan fingerprint density at radius 1 is 1.11 bits per heavy atom. The molecular formula is C29H36N2O6. The number of unbranched alkanes of at least 4 members (excludes halogenated alkanes) is 1. The number of pyridine rings is 1. The molecule has 8 heteroatoms. The van der Waals surface area contributed by atoms with Crippen LogP contribution >= 0.6 is 0 Å². The molecule has 1 saturated carbocycles. The van der Waals surface area contributed by atoms with Crippen LogP contribution in [0.5, 0.6) is 5.75 Å². The fourth-order valence-corrected chi connectivity index (χ4v) is 6.03. The Morgan fingerprint density at radius 3 is 2.73 bits per heavy atom. The van der Waals surface area contributed by atoms with Crippen molar-refractivity contribution in [1.29, 1.82) is 0 Å². The van der Waals surface area contributed by atoms with Crippen molar-refractivity contribution >= 4 is 11.9 Å². The quantitative estimate of drug-likeness (QED) is 0.334. The largest absolute Gasteiger partial charge is 0.483 e. The first-order valence-corrected chi connectivity index (χ1v) is 13.5. The van der Waals surface area contributed by atoms with Crippen LogP contribution in [0.25, 0.3) is 0 Å². The van der Waals surface area contributed by atoms with Gasteiger partial charge < -0.3 is 23.7 Å². The van der Waals surface area contributed by atoms with Crippen LogP contribution in [0.2, 0.25) is 0 Å². The van der Waals surface area contributed by atoms with E-state index in [2.05, 4.69) is 6.92 Å². The van der Waals surface area contributed by atoms with Gasteiger partial charge in [-0.1, -0.05) is 50.1 Å². The lowest BCUT2D eigenvalue weighted by Gasteiger charge is -2.44. The second-order valence-electron chi connectivity index (χ2n) is 10.5. The molecule has 1 aliphatic carbocycles. The molecule has 5 rings (SSSR count). The summed E-state index contributed by atoms with van der Waals surface area (Å²) >= 11 is 0. The molecule has 1 spiro atoms. The number of rotatable bonds is 11. The van der Waals surface area contributed by atoms with Gasteiger partial charge in [0.25, 0.3) is 5.91 Å². The van der Waals surface area contributed by atoms with Gasteiger partial charge in [-0.3, -0.25) is 9.59 Å². The minimum absolute atomic E-state index is 0.0671. The monoisotopic (exact) mass is 508 g/mol. The maximum atomic E-state index is 13.8. The van der Waals surface area contributed by atoms with E-state index in [1.165, 1.54) is 6.20 Å². The summed E-state index contributed by atoms with van der Waals surface area (Å²) in [5.74, 6) is -0.460. The van der Waals surface area contributed by atoms with Gasteiger partial charge in [-0.2, -0.15) is 0 Å². The molecular weight excluding hydrogens is 472 g/mol. The number of benzene rings is 1. The Labute approximate surface area is 217 Å². The second-order valence-corrected chi connectivity index (χ2v) is 10.5. The summed E-state index contributed by atoms with van der Waals surface area (Å²) in [6, 6.07) is 9.47. The highest BCUT2D eigenvalue weighted by Crippen LogP contribution is 2.48. The molecule has 1 aromatic carbocycles. The van der Waals surface area contributed by atoms with Crippen LogP contribution in [0.15, 0.2) is 41.3 Å². The van der Waals surface area contributed by atoms with Crippen LogP contribution in [0.4, 0.5) is 0 Å². The molecule has 2 fully saturated rings. The third-order valence-corrected chi connectivity index (χ3v) is 7.84. The van der Waals surface area contributed by atoms with E-state index in [1.807, 2.05) is 35.2 Å². The first kappa shape index (κ1) is 25.5. The van der Waals surface area contributed by atoms with Gasteiger partial charge in [0, 0.05) is 38.9 Å². The lowest BCUT2D eigenvalue weighted by atomic mass is 9.79. The first-order chi connectivity index (χ1) is 18.0. The fourth-order valence-electron chi connectivity index (χ4n) is 6.03. The molecule has 37 heavy (non-hydrogen) atoms. The standard InChI is InChI=1S/C29H36N2O6/c1-2-3-13-35-14-8-15-36-28(34)23-18-30-20-29-12-7-11-22(16-29)17-31(29)27(33)24(30)26(25(23)32)37-19-21-9-5-4-6-10-21/h4-6,9-10,18,22H,2-3,7-8,11-17,19-20H2,1H3/t22-,29+/m0/s1. The molecule has 2 aliphatic heterocycles. The van der Waals surface area contributed by atoms with Crippen LogP contribution in [-0.2, 0) is 22.6 Å². The van der Waals surface area contributed by atoms with Gasteiger partial charge >= 0.3 is 5.97 Å². The lowest BCUT2D eigenvalue weighted by molar-refractivity contribution is 0.0394. The van der Waals surface area contributed by atoms with Gasteiger partial charge in [-0.05, 0) is 37.2 Å². The minimum atomic E-state index is -0.696. The van der Waals surface area contributed by atoms with Crippen molar-refractivity contribution in [3.05, 3.63) is 63.6 Å². The van der Waals surface area contributed by atoms with Crippen molar-refractivity contribution in [2.24, 2.45) is 5.92 Å². The molecule has 2 aromatic rings. The summed E-state index contributed by atoms with van der Waals surface area (Å²) in [4.78, 5) is 42.3.